The lowest BCUT2D eigenvalue weighted by Gasteiger charge is -2.72. The molecule has 0 heterocycles. The number of carbonyl (C=O) groups is 1. The molecule has 3 N–H and O–H groups in total. The van der Waals surface area contributed by atoms with Crippen LogP contribution in [0.25, 0.3) is 5.57 Å². The lowest BCUT2D eigenvalue weighted by Crippen LogP contribution is -2.68. The maximum Gasteiger partial charge on any atom is 0.315 e. The van der Waals surface area contributed by atoms with E-state index in [0.29, 0.717) is 34.0 Å². The Balaban J connectivity index is 1.13. The van der Waals surface area contributed by atoms with Gasteiger partial charge in [0.15, 0.2) is 0 Å². The Morgan fingerprint density at radius 3 is 2.36 bits per heavy atom. The number of nitrogens with one attached hydrogen (secondary N) is 2. The van der Waals surface area contributed by atoms with Crippen LogP contribution in [-0.2, 0) is 0 Å². The van der Waals surface area contributed by atoms with Crippen molar-refractivity contribution in [2.45, 2.75) is 124 Å². The first kappa shape index (κ1) is 30.6. The second-order valence-corrected chi connectivity index (χ2v) is 17.5. The third-order valence-electron chi connectivity index (χ3n) is 15.4. The molecule has 1 aromatic carbocycles. The summed E-state index contributed by atoms with van der Waals surface area (Å²) < 4.78 is 0. The molecule has 44 heavy (non-hydrogen) atoms. The first-order valence-electron chi connectivity index (χ1n) is 18.0. The number of urea groups is 1. The largest absolute Gasteiger partial charge is 0.396 e. The molecule has 240 valence electrons. The van der Waals surface area contributed by atoms with Crippen molar-refractivity contribution in [2.75, 3.05) is 6.61 Å². The van der Waals surface area contributed by atoms with Crippen LogP contribution in [0.1, 0.15) is 116 Å². The molecule has 4 fully saturated rings. The lowest BCUT2D eigenvalue weighted by atomic mass is 9.33. The third-order valence-corrected chi connectivity index (χ3v) is 15.4. The molecule has 10 atom stereocenters. The summed E-state index contributed by atoms with van der Waals surface area (Å²) in [5, 5.41) is 16.4. The van der Waals surface area contributed by atoms with Crippen molar-refractivity contribution in [3.63, 3.8) is 0 Å². The van der Waals surface area contributed by atoms with Gasteiger partial charge < -0.3 is 15.7 Å². The fraction of sp³-hybridized carbons (Fsp3) is 0.725. The molecule has 4 heteroatoms. The van der Waals surface area contributed by atoms with Crippen molar-refractivity contribution in [2.24, 2.45) is 51.2 Å². The molecule has 2 amide bonds. The molecule has 4 nitrogen and oxygen atoms in total. The molecule has 0 aliphatic heterocycles. The van der Waals surface area contributed by atoms with E-state index in [9.17, 15) is 9.90 Å². The normalized spacial score (nSPS) is 45.4. The topological polar surface area (TPSA) is 61.4 Å². The maximum atomic E-state index is 13.4. The van der Waals surface area contributed by atoms with Gasteiger partial charge in [0.2, 0.25) is 0 Å². The molecule has 0 spiro atoms. The number of carbonyl (C=O) groups excluding carboxylic acids is 1. The second kappa shape index (κ2) is 10.5. The summed E-state index contributed by atoms with van der Waals surface area (Å²) in [5.74, 6) is 2.87. The van der Waals surface area contributed by atoms with Crippen LogP contribution in [0.5, 0.6) is 0 Å². The molecule has 6 aliphatic carbocycles. The molecule has 4 saturated carbocycles. The number of aliphatic hydroxyl groups excluding tert-OH is 1. The summed E-state index contributed by atoms with van der Waals surface area (Å²) in [6.07, 6.45) is 20.0. The summed E-state index contributed by atoms with van der Waals surface area (Å²) >= 11 is 0. The van der Waals surface area contributed by atoms with E-state index in [1.165, 1.54) is 62.5 Å². The molecular formula is C40H58N2O2. The van der Waals surface area contributed by atoms with Gasteiger partial charge >= 0.3 is 6.03 Å². The lowest BCUT2D eigenvalue weighted by molar-refractivity contribution is -0.216. The number of amides is 2. The SMILES string of the molecule is Cc1ccc(C2=CCC3(C)C(CCC4(C)C3CCC3C5CCCC5(NC(=O)NC5C=CC(CO)C5)CC[C@]34C)C2(C)C)cc1. The fourth-order valence-electron chi connectivity index (χ4n) is 13.1. The van der Waals surface area contributed by atoms with Crippen LogP contribution in [0.15, 0.2) is 42.5 Å². The second-order valence-electron chi connectivity index (χ2n) is 17.5. The van der Waals surface area contributed by atoms with Gasteiger partial charge in [0.25, 0.3) is 0 Å². The summed E-state index contributed by atoms with van der Waals surface area (Å²) in [5.41, 5.74) is 5.40. The Bertz CT molecular complexity index is 1350. The van der Waals surface area contributed by atoms with Crippen molar-refractivity contribution in [1.82, 2.24) is 10.6 Å². The number of fused-ring (bicyclic) bond motifs is 7. The molecular weight excluding hydrogens is 540 g/mol. The van der Waals surface area contributed by atoms with Crippen molar-refractivity contribution in [1.29, 1.82) is 0 Å². The summed E-state index contributed by atoms with van der Waals surface area (Å²) in [4.78, 5) is 13.4. The van der Waals surface area contributed by atoms with E-state index in [2.05, 4.69) is 94.7 Å². The fourth-order valence-corrected chi connectivity index (χ4v) is 13.1. The monoisotopic (exact) mass is 598 g/mol. The Morgan fingerprint density at radius 1 is 0.864 bits per heavy atom. The number of hydrogen-bond acceptors (Lipinski definition) is 2. The quantitative estimate of drug-likeness (QED) is 0.303. The summed E-state index contributed by atoms with van der Waals surface area (Å²) in [7, 11) is 0. The van der Waals surface area contributed by atoms with Gasteiger partial charge in [0.1, 0.15) is 0 Å². The number of aryl methyl sites for hydroxylation is 1. The molecule has 0 aromatic heterocycles. The zero-order valence-electron chi connectivity index (χ0n) is 28.3. The maximum absolute atomic E-state index is 13.4. The Hall–Kier alpha value is -2.07. The zero-order chi connectivity index (χ0) is 31.1. The molecule has 1 aromatic rings. The van der Waals surface area contributed by atoms with E-state index in [1.807, 2.05) is 0 Å². The van der Waals surface area contributed by atoms with Crippen molar-refractivity contribution in [3.05, 3.63) is 53.6 Å². The van der Waals surface area contributed by atoms with Crippen LogP contribution in [0.4, 0.5) is 4.79 Å². The standard InChI is InChI=1S/C40H58N2O2/c1-26-9-12-28(13-10-26)30-17-20-37(4)33(36(30,2)3)18-21-39(6)34(37)16-15-31-32-8-7-19-40(32,23-22-38(31,39)5)42-35(44)41-29-14-11-27(24-29)25-43/h9-14,17,27,29,31-34,43H,7-8,15-16,18-25H2,1-6H3,(H2,41,42,44)/t27?,29?,31?,32?,33?,34?,37?,38-,39?,40?/m1/s1. The summed E-state index contributed by atoms with van der Waals surface area (Å²) in [6, 6.07) is 9.30. The predicted octanol–water partition coefficient (Wildman–Crippen LogP) is 8.83. The van der Waals surface area contributed by atoms with Gasteiger partial charge in [-0.25, -0.2) is 4.79 Å². The van der Waals surface area contributed by atoms with E-state index in [4.69, 9.17) is 0 Å². The summed E-state index contributed by atoms with van der Waals surface area (Å²) in [6.45, 7) is 15.5. The Morgan fingerprint density at radius 2 is 1.64 bits per heavy atom. The van der Waals surface area contributed by atoms with Gasteiger partial charge in [-0.3, -0.25) is 0 Å². The van der Waals surface area contributed by atoms with Crippen LogP contribution in [-0.4, -0.2) is 29.3 Å². The van der Waals surface area contributed by atoms with E-state index in [1.54, 1.807) is 5.57 Å². The zero-order valence-corrected chi connectivity index (χ0v) is 28.3. The van der Waals surface area contributed by atoms with Crippen molar-refractivity contribution in [3.8, 4) is 0 Å². The minimum absolute atomic E-state index is 0.00210. The van der Waals surface area contributed by atoms with Crippen LogP contribution >= 0.6 is 0 Å². The van der Waals surface area contributed by atoms with Crippen LogP contribution in [0.2, 0.25) is 0 Å². The Kier molecular flexibility index (Phi) is 7.28. The smallest absolute Gasteiger partial charge is 0.315 e. The van der Waals surface area contributed by atoms with Crippen LogP contribution in [0.3, 0.4) is 0 Å². The van der Waals surface area contributed by atoms with E-state index >= 15 is 0 Å². The van der Waals surface area contributed by atoms with Gasteiger partial charge in [-0.05, 0) is 128 Å². The highest BCUT2D eigenvalue weighted by Gasteiger charge is 2.69. The number of allylic oxidation sites excluding steroid dienone is 2. The molecule has 6 aliphatic rings. The molecule has 0 radical (unpaired) electrons. The van der Waals surface area contributed by atoms with Crippen molar-refractivity contribution < 1.29 is 9.90 Å². The predicted molar refractivity (Wildman–Crippen MR) is 180 cm³/mol. The number of rotatable bonds is 4. The highest BCUT2D eigenvalue weighted by atomic mass is 16.3. The minimum atomic E-state index is -0.0598. The van der Waals surface area contributed by atoms with Gasteiger partial charge in [0.05, 0.1) is 0 Å². The van der Waals surface area contributed by atoms with Gasteiger partial charge in [-0.15, -0.1) is 0 Å². The van der Waals surface area contributed by atoms with Gasteiger partial charge in [-0.2, -0.15) is 0 Å². The highest BCUT2D eigenvalue weighted by molar-refractivity contribution is 5.76. The average Bonchev–Trinajstić information content (AvgIpc) is 3.61. The van der Waals surface area contributed by atoms with Crippen LogP contribution in [0, 0.1) is 58.2 Å². The molecule has 9 unspecified atom stereocenters. The molecule has 0 saturated heterocycles. The number of aliphatic hydroxyl groups is 1. The number of benzene rings is 1. The van der Waals surface area contributed by atoms with E-state index < -0.39 is 0 Å². The van der Waals surface area contributed by atoms with E-state index in [0.717, 1.165) is 25.2 Å². The third kappa shape index (κ3) is 4.35. The number of hydrogen-bond donors (Lipinski definition) is 3. The van der Waals surface area contributed by atoms with Crippen LogP contribution < -0.4 is 10.6 Å². The van der Waals surface area contributed by atoms with Crippen molar-refractivity contribution >= 4 is 11.6 Å². The molecule has 0 bridgehead atoms. The Labute approximate surface area is 266 Å². The van der Waals surface area contributed by atoms with Gasteiger partial charge in [-0.1, -0.05) is 89.1 Å². The van der Waals surface area contributed by atoms with Gasteiger partial charge in [0, 0.05) is 24.1 Å². The first-order chi connectivity index (χ1) is 20.9. The highest BCUT2D eigenvalue weighted by Crippen LogP contribution is 2.76. The van der Waals surface area contributed by atoms with E-state index in [-0.39, 0.29) is 35.6 Å². The first-order valence-corrected chi connectivity index (χ1v) is 18.0. The molecule has 7 rings (SSSR count). The minimum Gasteiger partial charge on any atom is -0.396 e. The average molecular weight is 599 g/mol.